The molecular weight excluding hydrogens is 477 g/mol. The standard InChI is InChI=1S/C28H36FN3O5/c1-15-18(6-5-13-30-15)31-24(36)17-7-8-20-25(17,2)10-9-16-22(34)28(29)23(35)21(33)19(32(3)4)14-26(28)11-12-27(16,20)37-26/h5-7,9,13,19-23,33-35H,8,10-12,14H2,1-4H3,(H,31,36)/t19-,20?,21+,22?,23-,25+,26+,27+,28?/m0/s1. The van der Waals surface area contributed by atoms with Gasteiger partial charge in [0.05, 0.1) is 23.1 Å². The number of fused-ring (bicyclic) bond motifs is 1. The Balaban J connectivity index is 1.37. The van der Waals surface area contributed by atoms with E-state index >= 15 is 4.39 Å². The third kappa shape index (κ3) is 3.00. The molecule has 1 saturated carbocycles. The number of pyridine rings is 1. The number of aryl methyl sites for hydroxylation is 1. The van der Waals surface area contributed by atoms with Crippen LogP contribution in [0.5, 0.6) is 0 Å². The van der Waals surface area contributed by atoms with E-state index in [9.17, 15) is 20.1 Å². The summed E-state index contributed by atoms with van der Waals surface area (Å²) in [6.45, 7) is 3.89. The minimum atomic E-state index is -2.53. The number of nitrogens with zero attached hydrogens (tertiary/aromatic N) is 2. The zero-order valence-electron chi connectivity index (χ0n) is 21.7. The van der Waals surface area contributed by atoms with Gasteiger partial charge >= 0.3 is 0 Å². The second-order valence-corrected chi connectivity index (χ2v) is 12.1. The average molecular weight is 514 g/mol. The Kier molecular flexibility index (Phi) is 5.38. The van der Waals surface area contributed by atoms with Crippen molar-refractivity contribution in [2.45, 2.75) is 87.2 Å². The largest absolute Gasteiger partial charge is 0.389 e. The molecule has 2 bridgehead atoms. The highest BCUT2D eigenvalue weighted by Crippen LogP contribution is 2.69. The summed E-state index contributed by atoms with van der Waals surface area (Å²) < 4.78 is 23.8. The SMILES string of the molecule is Cc1ncccc1NC(=O)C1=CCC2[C@]1(C)CC=C1C(O)C3(F)[C@@H](O)[C@H](O)[C@@H](N(C)C)C[C@]34CC[C@@]12O4. The molecule has 8 nitrogen and oxygen atoms in total. The number of anilines is 1. The third-order valence-electron chi connectivity index (χ3n) is 10.3. The van der Waals surface area contributed by atoms with Gasteiger partial charge < -0.3 is 30.3 Å². The first-order chi connectivity index (χ1) is 17.4. The molecule has 200 valence electrons. The van der Waals surface area contributed by atoms with E-state index < -0.39 is 46.6 Å². The highest BCUT2D eigenvalue weighted by atomic mass is 19.1. The van der Waals surface area contributed by atoms with E-state index in [1.165, 1.54) is 0 Å². The number of nitrogens with one attached hydrogen (secondary N) is 1. The van der Waals surface area contributed by atoms with Crippen LogP contribution in [0.4, 0.5) is 10.1 Å². The lowest BCUT2D eigenvalue weighted by Gasteiger charge is -2.62. The Bertz CT molecular complexity index is 1220. The Labute approximate surface area is 216 Å². The van der Waals surface area contributed by atoms with Crippen molar-refractivity contribution in [3.05, 3.63) is 47.3 Å². The fourth-order valence-electron chi connectivity index (χ4n) is 8.24. The normalized spacial score (nSPS) is 46.0. The topological polar surface area (TPSA) is 115 Å². The lowest BCUT2D eigenvalue weighted by atomic mass is 9.56. The van der Waals surface area contributed by atoms with Gasteiger partial charge in [-0.1, -0.05) is 19.1 Å². The zero-order valence-corrected chi connectivity index (χ0v) is 21.7. The van der Waals surface area contributed by atoms with Crippen LogP contribution in [-0.4, -0.2) is 86.4 Å². The molecule has 5 aliphatic rings. The van der Waals surface area contributed by atoms with E-state index in [0.29, 0.717) is 42.5 Å². The van der Waals surface area contributed by atoms with E-state index in [1.807, 2.05) is 32.1 Å². The quantitative estimate of drug-likeness (QED) is 0.457. The van der Waals surface area contributed by atoms with Gasteiger partial charge in [-0.3, -0.25) is 9.78 Å². The molecule has 3 unspecified atom stereocenters. The number of likely N-dealkylation sites (N-methyl/N-ethyl adjacent to an activating group) is 1. The van der Waals surface area contributed by atoms with Crippen LogP contribution in [0, 0.1) is 18.3 Å². The van der Waals surface area contributed by atoms with Gasteiger partial charge in [0.1, 0.15) is 17.8 Å². The van der Waals surface area contributed by atoms with Crippen molar-refractivity contribution in [1.82, 2.24) is 9.88 Å². The lowest BCUT2D eigenvalue weighted by Crippen LogP contribution is -2.78. The first-order valence-electron chi connectivity index (χ1n) is 13.2. The summed E-state index contributed by atoms with van der Waals surface area (Å²) in [5.74, 6) is -0.363. The Morgan fingerprint density at radius 1 is 1.24 bits per heavy atom. The van der Waals surface area contributed by atoms with Crippen molar-refractivity contribution in [2.75, 3.05) is 19.4 Å². The molecule has 37 heavy (non-hydrogen) atoms. The molecule has 1 aromatic rings. The number of rotatable bonds is 3. The van der Waals surface area contributed by atoms with Crippen LogP contribution in [-0.2, 0) is 9.53 Å². The van der Waals surface area contributed by atoms with Crippen molar-refractivity contribution in [3.63, 3.8) is 0 Å². The predicted octanol–water partition coefficient (Wildman–Crippen LogP) is 2.04. The van der Waals surface area contributed by atoms with E-state index in [-0.39, 0.29) is 18.2 Å². The molecule has 2 spiro atoms. The van der Waals surface area contributed by atoms with Crippen LogP contribution in [0.3, 0.4) is 0 Å². The second kappa shape index (κ2) is 7.93. The number of amides is 1. The van der Waals surface area contributed by atoms with Crippen LogP contribution in [0.2, 0.25) is 0 Å². The van der Waals surface area contributed by atoms with Crippen LogP contribution in [0.15, 0.2) is 41.6 Å². The van der Waals surface area contributed by atoms with Crippen LogP contribution in [0.1, 0.15) is 44.7 Å². The minimum absolute atomic E-state index is 0.158. The molecule has 9 atom stereocenters. The van der Waals surface area contributed by atoms with Crippen LogP contribution in [0.25, 0.3) is 0 Å². The maximum atomic E-state index is 16.9. The minimum Gasteiger partial charge on any atom is -0.389 e. The van der Waals surface area contributed by atoms with Gasteiger partial charge in [0.15, 0.2) is 5.67 Å². The van der Waals surface area contributed by atoms with Crippen LogP contribution >= 0.6 is 0 Å². The number of ether oxygens (including phenoxy) is 1. The highest BCUT2D eigenvalue weighted by Gasteiger charge is 2.79. The Morgan fingerprint density at radius 2 is 2.00 bits per heavy atom. The maximum absolute atomic E-state index is 16.9. The average Bonchev–Trinajstić information content (AvgIpc) is 3.39. The molecule has 2 saturated heterocycles. The van der Waals surface area contributed by atoms with Crippen molar-refractivity contribution in [1.29, 1.82) is 0 Å². The molecule has 1 aromatic heterocycles. The third-order valence-corrected chi connectivity index (χ3v) is 10.3. The van der Waals surface area contributed by atoms with E-state index in [1.54, 1.807) is 31.3 Å². The molecule has 6 rings (SSSR count). The van der Waals surface area contributed by atoms with E-state index in [0.717, 1.165) is 5.69 Å². The van der Waals surface area contributed by atoms with Crippen molar-refractivity contribution in [3.8, 4) is 0 Å². The lowest BCUT2D eigenvalue weighted by molar-refractivity contribution is -0.309. The molecule has 4 N–H and O–H groups in total. The molecule has 0 radical (unpaired) electrons. The van der Waals surface area contributed by atoms with Gasteiger partial charge in [0, 0.05) is 29.1 Å². The summed E-state index contributed by atoms with van der Waals surface area (Å²) in [6.07, 6.45) is 2.65. The second-order valence-electron chi connectivity index (χ2n) is 12.1. The summed E-state index contributed by atoms with van der Waals surface area (Å²) in [7, 11) is 3.57. The summed E-state index contributed by atoms with van der Waals surface area (Å²) >= 11 is 0. The fourth-order valence-corrected chi connectivity index (χ4v) is 8.24. The number of alkyl halides is 1. The smallest absolute Gasteiger partial charge is 0.251 e. The molecule has 3 heterocycles. The van der Waals surface area contributed by atoms with Gasteiger partial charge in [-0.25, -0.2) is 4.39 Å². The number of aromatic nitrogens is 1. The summed E-state index contributed by atoms with van der Waals surface area (Å²) in [4.78, 5) is 19.5. The first kappa shape index (κ1) is 25.1. The van der Waals surface area contributed by atoms with Gasteiger partial charge in [0.2, 0.25) is 0 Å². The van der Waals surface area contributed by atoms with Crippen molar-refractivity contribution < 1.29 is 29.2 Å². The number of allylic oxidation sites excluding steroid dienone is 2. The summed E-state index contributed by atoms with van der Waals surface area (Å²) in [5, 5.41) is 36.4. The first-order valence-corrected chi connectivity index (χ1v) is 13.2. The van der Waals surface area contributed by atoms with Gasteiger partial charge in [-0.2, -0.15) is 0 Å². The van der Waals surface area contributed by atoms with E-state index in [4.69, 9.17) is 4.74 Å². The van der Waals surface area contributed by atoms with Crippen molar-refractivity contribution in [2.24, 2.45) is 11.3 Å². The van der Waals surface area contributed by atoms with E-state index in [2.05, 4.69) is 10.3 Å². The number of carbonyl (C=O) groups is 1. The number of aliphatic hydroxyl groups is 3. The molecule has 1 amide bonds. The van der Waals surface area contributed by atoms with Gasteiger partial charge in [-0.05, 0) is 70.8 Å². The Hall–Kier alpha value is -2.17. The highest BCUT2D eigenvalue weighted by molar-refractivity contribution is 6.05. The van der Waals surface area contributed by atoms with Gasteiger partial charge in [0.25, 0.3) is 5.91 Å². The fraction of sp³-hybridized carbons (Fsp3) is 0.643. The summed E-state index contributed by atoms with van der Waals surface area (Å²) in [6, 6.07) is 3.08. The van der Waals surface area contributed by atoms with Crippen molar-refractivity contribution >= 4 is 11.6 Å². The molecular formula is C28H36FN3O5. The number of aliphatic hydroxyl groups excluding tert-OH is 3. The molecule has 0 aromatic carbocycles. The molecule has 2 aliphatic heterocycles. The Morgan fingerprint density at radius 3 is 2.70 bits per heavy atom. The molecule has 3 fully saturated rings. The number of halogens is 1. The molecule has 9 heteroatoms. The zero-order chi connectivity index (χ0) is 26.5. The maximum Gasteiger partial charge on any atom is 0.251 e. The number of hydrogen-bond donors (Lipinski definition) is 4. The molecule has 3 aliphatic carbocycles. The van der Waals surface area contributed by atoms with Gasteiger partial charge in [-0.15, -0.1) is 0 Å². The summed E-state index contributed by atoms with van der Waals surface area (Å²) in [5.41, 5.74) is -2.99. The predicted molar refractivity (Wildman–Crippen MR) is 134 cm³/mol. The van der Waals surface area contributed by atoms with Crippen LogP contribution < -0.4 is 5.32 Å². The monoisotopic (exact) mass is 513 g/mol. The number of hydrogen-bond acceptors (Lipinski definition) is 7. The number of carbonyl (C=O) groups excluding carboxylic acids is 1.